The van der Waals surface area contributed by atoms with Crippen LogP contribution in [-0.4, -0.2) is 50.3 Å². The molecule has 2 amide bonds. The maximum absolute atomic E-state index is 12.0. The van der Waals surface area contributed by atoms with Crippen molar-refractivity contribution < 1.29 is 14.3 Å². The van der Waals surface area contributed by atoms with Gasteiger partial charge in [-0.2, -0.15) is 0 Å². The maximum Gasteiger partial charge on any atom is 0.315 e. The molecule has 1 aliphatic carbocycles. The first kappa shape index (κ1) is 16.9. The largest absolute Gasteiger partial charge is 0.497 e. The van der Waals surface area contributed by atoms with Crippen LogP contribution in [0, 0.1) is 5.92 Å². The summed E-state index contributed by atoms with van der Waals surface area (Å²) in [5.74, 6) is 2.23. The first-order valence-electron chi connectivity index (χ1n) is 8.58. The number of hydrogen-bond acceptors (Lipinski definition) is 4. The van der Waals surface area contributed by atoms with Crippen molar-refractivity contribution in [2.45, 2.75) is 38.4 Å². The number of methoxy groups -OCH3 is 2. The number of rotatable bonds is 6. The number of carbonyl (C=O) groups excluding carboxylic acids is 1. The monoisotopic (exact) mass is 333 g/mol. The summed E-state index contributed by atoms with van der Waals surface area (Å²) in [4.78, 5) is 14.3. The molecule has 1 aromatic carbocycles. The molecule has 3 atom stereocenters. The molecule has 0 bridgehead atoms. The Bertz CT molecular complexity index is 571. The average Bonchev–Trinajstić information content (AvgIpc) is 3.07. The smallest absolute Gasteiger partial charge is 0.315 e. The maximum atomic E-state index is 12.0. The average molecular weight is 333 g/mol. The van der Waals surface area contributed by atoms with Gasteiger partial charge in [-0.3, -0.25) is 4.90 Å². The molecule has 6 heteroatoms. The standard InChI is InChI=1S/C18H27N3O3/c1-12-6-17(12)20-18(22)19-14-4-5-21(11-14)10-13-7-15(23-2)9-16(8-13)24-3/h7-9,12,14,17H,4-6,10-11H2,1-3H3,(H2,19,20,22). The molecule has 3 rings (SSSR count). The number of benzene rings is 1. The van der Waals surface area contributed by atoms with Gasteiger partial charge in [0.15, 0.2) is 0 Å². The molecule has 1 saturated carbocycles. The Balaban J connectivity index is 1.49. The highest BCUT2D eigenvalue weighted by atomic mass is 16.5. The number of amides is 2. The van der Waals surface area contributed by atoms with E-state index in [1.165, 1.54) is 0 Å². The summed E-state index contributed by atoms with van der Waals surface area (Å²) in [6.07, 6.45) is 2.08. The molecule has 1 heterocycles. The first-order chi connectivity index (χ1) is 11.6. The summed E-state index contributed by atoms with van der Waals surface area (Å²) in [5.41, 5.74) is 1.16. The van der Waals surface area contributed by atoms with Gasteiger partial charge in [0, 0.05) is 37.8 Å². The van der Waals surface area contributed by atoms with E-state index in [0.717, 1.165) is 49.5 Å². The number of nitrogens with zero attached hydrogens (tertiary/aromatic N) is 1. The Morgan fingerprint density at radius 1 is 1.21 bits per heavy atom. The van der Waals surface area contributed by atoms with Crippen LogP contribution < -0.4 is 20.1 Å². The van der Waals surface area contributed by atoms with Gasteiger partial charge in [-0.1, -0.05) is 6.92 Å². The highest BCUT2D eigenvalue weighted by molar-refractivity contribution is 5.75. The molecule has 24 heavy (non-hydrogen) atoms. The van der Waals surface area contributed by atoms with Crippen molar-refractivity contribution in [2.24, 2.45) is 5.92 Å². The lowest BCUT2D eigenvalue weighted by Crippen LogP contribution is -2.44. The van der Waals surface area contributed by atoms with Crippen molar-refractivity contribution >= 4 is 6.03 Å². The Labute approximate surface area is 143 Å². The molecule has 1 aliphatic heterocycles. The number of urea groups is 1. The molecule has 0 spiro atoms. The van der Waals surface area contributed by atoms with Crippen molar-refractivity contribution in [3.63, 3.8) is 0 Å². The SMILES string of the molecule is COc1cc(CN2CCC(NC(=O)NC3CC3C)C2)cc(OC)c1. The van der Waals surface area contributed by atoms with Crippen LogP contribution in [-0.2, 0) is 6.54 Å². The summed E-state index contributed by atoms with van der Waals surface area (Å²) in [5, 5.41) is 6.11. The van der Waals surface area contributed by atoms with Crippen LogP contribution in [0.1, 0.15) is 25.3 Å². The van der Waals surface area contributed by atoms with Gasteiger partial charge in [0.1, 0.15) is 11.5 Å². The Morgan fingerprint density at radius 2 is 1.88 bits per heavy atom. The van der Waals surface area contributed by atoms with Crippen molar-refractivity contribution in [3.05, 3.63) is 23.8 Å². The molecule has 2 fully saturated rings. The zero-order valence-electron chi connectivity index (χ0n) is 14.7. The minimum absolute atomic E-state index is 0.0285. The van der Waals surface area contributed by atoms with Crippen molar-refractivity contribution in [1.82, 2.24) is 15.5 Å². The second-order valence-corrected chi connectivity index (χ2v) is 6.88. The molecule has 0 radical (unpaired) electrons. The number of hydrogen-bond donors (Lipinski definition) is 2. The van der Waals surface area contributed by atoms with Crippen LogP contribution in [0.4, 0.5) is 4.79 Å². The number of ether oxygens (including phenoxy) is 2. The van der Waals surface area contributed by atoms with Crippen molar-refractivity contribution in [2.75, 3.05) is 27.3 Å². The van der Waals surface area contributed by atoms with Crippen molar-refractivity contribution in [3.8, 4) is 11.5 Å². The first-order valence-corrected chi connectivity index (χ1v) is 8.58. The predicted molar refractivity (Wildman–Crippen MR) is 92.5 cm³/mol. The highest BCUT2D eigenvalue weighted by Gasteiger charge is 2.34. The summed E-state index contributed by atoms with van der Waals surface area (Å²) < 4.78 is 10.6. The third-order valence-corrected chi connectivity index (χ3v) is 4.85. The zero-order valence-corrected chi connectivity index (χ0v) is 14.7. The third-order valence-electron chi connectivity index (χ3n) is 4.85. The van der Waals surface area contributed by atoms with Crippen LogP contribution >= 0.6 is 0 Å². The fraction of sp³-hybridized carbons (Fsp3) is 0.611. The molecular weight excluding hydrogens is 306 g/mol. The van der Waals surface area contributed by atoms with Crippen LogP contribution in [0.25, 0.3) is 0 Å². The normalized spacial score (nSPS) is 26.0. The van der Waals surface area contributed by atoms with E-state index in [2.05, 4.69) is 22.5 Å². The lowest BCUT2D eigenvalue weighted by Gasteiger charge is -2.18. The minimum atomic E-state index is -0.0285. The van der Waals surface area contributed by atoms with Gasteiger partial charge >= 0.3 is 6.03 Å². The molecular formula is C18H27N3O3. The Kier molecular flexibility index (Phi) is 5.14. The Hall–Kier alpha value is -1.95. The summed E-state index contributed by atoms with van der Waals surface area (Å²) in [6, 6.07) is 6.49. The van der Waals surface area contributed by atoms with E-state index in [0.29, 0.717) is 12.0 Å². The van der Waals surface area contributed by atoms with Gasteiger partial charge in [-0.15, -0.1) is 0 Å². The van der Waals surface area contributed by atoms with Gasteiger partial charge in [0.25, 0.3) is 0 Å². The fourth-order valence-electron chi connectivity index (χ4n) is 3.23. The van der Waals surface area contributed by atoms with Gasteiger partial charge in [-0.05, 0) is 36.5 Å². The Morgan fingerprint density at radius 3 is 2.46 bits per heavy atom. The summed E-state index contributed by atoms with van der Waals surface area (Å²) in [7, 11) is 3.32. The summed E-state index contributed by atoms with van der Waals surface area (Å²) in [6.45, 7) is 4.83. The second kappa shape index (κ2) is 7.30. The third kappa shape index (κ3) is 4.32. The second-order valence-electron chi connectivity index (χ2n) is 6.88. The van der Waals surface area contributed by atoms with E-state index in [1.807, 2.05) is 18.2 Å². The van der Waals surface area contributed by atoms with E-state index in [4.69, 9.17) is 9.47 Å². The molecule has 132 valence electrons. The fourth-order valence-corrected chi connectivity index (χ4v) is 3.23. The molecule has 1 aromatic rings. The molecule has 1 saturated heterocycles. The van der Waals surface area contributed by atoms with E-state index in [1.54, 1.807) is 14.2 Å². The zero-order chi connectivity index (χ0) is 17.1. The lowest BCUT2D eigenvalue weighted by molar-refractivity contribution is 0.235. The lowest BCUT2D eigenvalue weighted by atomic mass is 10.2. The highest BCUT2D eigenvalue weighted by Crippen LogP contribution is 2.29. The van der Waals surface area contributed by atoms with Gasteiger partial charge < -0.3 is 20.1 Å². The van der Waals surface area contributed by atoms with Crippen molar-refractivity contribution in [1.29, 1.82) is 0 Å². The molecule has 2 N–H and O–H groups in total. The van der Waals surface area contributed by atoms with Crippen LogP contribution in [0.2, 0.25) is 0 Å². The van der Waals surface area contributed by atoms with E-state index >= 15 is 0 Å². The minimum Gasteiger partial charge on any atom is -0.497 e. The summed E-state index contributed by atoms with van der Waals surface area (Å²) >= 11 is 0. The number of likely N-dealkylation sites (tertiary alicyclic amines) is 1. The quantitative estimate of drug-likeness (QED) is 0.836. The number of carbonyl (C=O) groups is 1. The molecule has 2 aliphatic rings. The predicted octanol–water partition coefficient (Wildman–Crippen LogP) is 1.99. The molecule has 6 nitrogen and oxygen atoms in total. The molecule has 3 unspecified atom stereocenters. The van der Waals surface area contributed by atoms with E-state index in [-0.39, 0.29) is 12.1 Å². The number of nitrogens with one attached hydrogen (secondary N) is 2. The van der Waals surface area contributed by atoms with Crippen LogP contribution in [0.3, 0.4) is 0 Å². The van der Waals surface area contributed by atoms with Crippen LogP contribution in [0.15, 0.2) is 18.2 Å². The van der Waals surface area contributed by atoms with E-state index < -0.39 is 0 Å². The topological polar surface area (TPSA) is 62.8 Å². The van der Waals surface area contributed by atoms with Crippen LogP contribution in [0.5, 0.6) is 11.5 Å². The van der Waals surface area contributed by atoms with E-state index in [9.17, 15) is 4.79 Å². The van der Waals surface area contributed by atoms with Gasteiger partial charge in [-0.25, -0.2) is 4.79 Å². The molecule has 0 aromatic heterocycles. The van der Waals surface area contributed by atoms with Gasteiger partial charge in [0.05, 0.1) is 14.2 Å². The van der Waals surface area contributed by atoms with Gasteiger partial charge in [0.2, 0.25) is 0 Å².